The minimum Gasteiger partial charge on any atom is -0.497 e. The van der Waals surface area contributed by atoms with E-state index in [9.17, 15) is 4.79 Å². The van der Waals surface area contributed by atoms with Crippen LogP contribution in [0.1, 0.15) is 6.42 Å². The van der Waals surface area contributed by atoms with Crippen LogP contribution in [0.2, 0.25) is 0 Å². The molecule has 0 aliphatic carbocycles. The average Bonchev–Trinajstić information content (AvgIpc) is 3.47. The fourth-order valence-corrected chi connectivity index (χ4v) is 4.38. The number of carbonyl (C=O) groups excluding carboxylic acids is 1. The number of anilines is 1. The fraction of sp³-hybridized carbons (Fsp3) is 0.423. The molecule has 2 aromatic heterocycles. The first kappa shape index (κ1) is 25.8. The number of rotatable bonds is 9. The van der Waals surface area contributed by atoms with Crippen molar-refractivity contribution in [2.75, 3.05) is 66.2 Å². The zero-order valence-corrected chi connectivity index (χ0v) is 21.6. The van der Waals surface area contributed by atoms with Crippen molar-refractivity contribution in [3.63, 3.8) is 0 Å². The molecule has 38 heavy (non-hydrogen) atoms. The van der Waals surface area contributed by atoms with Crippen LogP contribution in [0, 0.1) is 0 Å². The number of nitrogens with one attached hydrogen (secondary N) is 1. The lowest BCUT2D eigenvalue weighted by atomic mass is 10.1. The van der Waals surface area contributed by atoms with E-state index in [4.69, 9.17) is 33.4 Å². The van der Waals surface area contributed by atoms with Crippen LogP contribution in [0.4, 0.5) is 5.69 Å². The van der Waals surface area contributed by atoms with Gasteiger partial charge in [-0.15, -0.1) is 0 Å². The monoisotopic (exact) mass is 525 g/mol. The summed E-state index contributed by atoms with van der Waals surface area (Å²) >= 11 is 0. The number of benzene rings is 1. The van der Waals surface area contributed by atoms with Crippen molar-refractivity contribution in [1.29, 1.82) is 0 Å². The number of methoxy groups -OCH3 is 3. The van der Waals surface area contributed by atoms with Crippen LogP contribution >= 0.6 is 0 Å². The summed E-state index contributed by atoms with van der Waals surface area (Å²) < 4.78 is 35.1. The first-order chi connectivity index (χ1) is 18.6. The molecule has 1 fully saturated rings. The summed E-state index contributed by atoms with van der Waals surface area (Å²) in [5, 5.41) is 7.89. The van der Waals surface area contributed by atoms with Crippen LogP contribution in [-0.2, 0) is 19.0 Å². The van der Waals surface area contributed by atoms with E-state index in [-0.39, 0.29) is 11.8 Å². The van der Waals surface area contributed by atoms with Gasteiger partial charge in [-0.1, -0.05) is 0 Å². The number of ether oxygens (including phenoxy) is 6. The van der Waals surface area contributed by atoms with Crippen molar-refractivity contribution in [3.8, 4) is 28.5 Å². The molecule has 5 rings (SSSR count). The lowest BCUT2D eigenvalue weighted by molar-refractivity contribution is -0.137. The maximum Gasteiger partial charge on any atom is 0.265 e. The van der Waals surface area contributed by atoms with E-state index in [1.807, 2.05) is 18.2 Å². The first-order valence-corrected chi connectivity index (χ1v) is 12.3. The molecule has 12 heteroatoms. The molecule has 4 bridgehead atoms. The second-order valence-electron chi connectivity index (χ2n) is 8.73. The summed E-state index contributed by atoms with van der Waals surface area (Å²) in [4.78, 5) is 19.6. The molecule has 1 N–H and O–H groups in total. The number of fused-ring (bicyclic) bond motifs is 5. The van der Waals surface area contributed by atoms with Crippen LogP contribution in [0.3, 0.4) is 0 Å². The zero-order chi connectivity index (χ0) is 26.5. The van der Waals surface area contributed by atoms with E-state index in [0.29, 0.717) is 68.8 Å². The molecule has 12 nitrogen and oxygen atoms in total. The highest BCUT2D eigenvalue weighted by molar-refractivity contribution is 5.86. The van der Waals surface area contributed by atoms with Gasteiger partial charge >= 0.3 is 0 Å². The van der Waals surface area contributed by atoms with Gasteiger partial charge in [0.05, 0.1) is 45.0 Å². The number of hydrogen-bond acceptors (Lipinski definition) is 10. The number of nitrogens with zero attached hydrogens (tertiary/aromatic N) is 4. The average molecular weight is 526 g/mol. The molecule has 3 aromatic rings. The molecule has 0 saturated carbocycles. The van der Waals surface area contributed by atoms with Crippen molar-refractivity contribution in [2.45, 2.75) is 12.5 Å². The maximum atomic E-state index is 13.2. The molecular weight excluding hydrogens is 494 g/mol. The van der Waals surface area contributed by atoms with Crippen molar-refractivity contribution < 1.29 is 33.2 Å². The lowest BCUT2D eigenvalue weighted by Crippen LogP contribution is -2.34. The largest absolute Gasteiger partial charge is 0.497 e. The SMILES string of the molecule is COCCOc1cn2ncc3c2nc1O/C=C1\C[C@@H](OCCOC)C(=O)N1CCNc1cc(OC)cc-3c1. The normalized spacial score (nSPS) is 18.4. The highest BCUT2D eigenvalue weighted by Gasteiger charge is 2.36. The highest BCUT2D eigenvalue weighted by atomic mass is 16.5. The van der Waals surface area contributed by atoms with Crippen molar-refractivity contribution in [2.24, 2.45) is 0 Å². The summed E-state index contributed by atoms with van der Waals surface area (Å²) in [6, 6.07) is 5.82. The summed E-state index contributed by atoms with van der Waals surface area (Å²) in [6.07, 6.45) is 4.76. The van der Waals surface area contributed by atoms with Crippen LogP contribution in [0.15, 0.2) is 42.6 Å². The summed E-state index contributed by atoms with van der Waals surface area (Å²) in [5.41, 5.74) is 3.77. The Labute approximate surface area is 220 Å². The zero-order valence-electron chi connectivity index (χ0n) is 21.6. The molecule has 1 saturated heterocycles. The van der Waals surface area contributed by atoms with Gasteiger partial charge in [0.1, 0.15) is 24.7 Å². The topological polar surface area (TPSA) is 118 Å². The minimum atomic E-state index is -0.617. The third-order valence-electron chi connectivity index (χ3n) is 6.29. The molecule has 1 amide bonds. The molecule has 2 aliphatic heterocycles. The van der Waals surface area contributed by atoms with Gasteiger partial charge in [0, 0.05) is 51.0 Å². The summed E-state index contributed by atoms with van der Waals surface area (Å²) in [5.74, 6) is 1.19. The smallest absolute Gasteiger partial charge is 0.265 e. The van der Waals surface area contributed by atoms with Gasteiger partial charge < -0.3 is 38.6 Å². The first-order valence-electron chi connectivity index (χ1n) is 12.3. The van der Waals surface area contributed by atoms with Gasteiger partial charge in [-0.3, -0.25) is 4.79 Å². The van der Waals surface area contributed by atoms with E-state index in [1.165, 1.54) is 0 Å². The van der Waals surface area contributed by atoms with Gasteiger partial charge in [0.2, 0.25) is 5.75 Å². The van der Waals surface area contributed by atoms with Crippen LogP contribution in [-0.4, -0.2) is 92.4 Å². The van der Waals surface area contributed by atoms with Crippen LogP contribution in [0.25, 0.3) is 16.8 Å². The second-order valence-corrected chi connectivity index (χ2v) is 8.73. The highest BCUT2D eigenvalue weighted by Crippen LogP contribution is 2.35. The Hall–Kier alpha value is -3.87. The van der Waals surface area contributed by atoms with E-state index >= 15 is 0 Å². The van der Waals surface area contributed by atoms with Crippen molar-refractivity contribution in [3.05, 3.63) is 42.6 Å². The third kappa shape index (κ3) is 5.37. The quantitative estimate of drug-likeness (QED) is 0.417. The van der Waals surface area contributed by atoms with Crippen LogP contribution in [0.5, 0.6) is 17.4 Å². The third-order valence-corrected chi connectivity index (χ3v) is 6.29. The van der Waals surface area contributed by atoms with Crippen molar-refractivity contribution in [1.82, 2.24) is 19.5 Å². The fourth-order valence-electron chi connectivity index (χ4n) is 4.38. The number of carbonyl (C=O) groups is 1. The molecule has 0 spiro atoms. The molecule has 1 aromatic carbocycles. The Bertz CT molecular complexity index is 1320. The molecule has 4 heterocycles. The summed E-state index contributed by atoms with van der Waals surface area (Å²) in [6.45, 7) is 2.32. The molecule has 1 atom stereocenters. The molecule has 2 aliphatic rings. The molecule has 202 valence electrons. The Morgan fingerprint density at radius 3 is 2.76 bits per heavy atom. The van der Waals surface area contributed by atoms with Gasteiger partial charge in [0.15, 0.2) is 5.65 Å². The molecular formula is C26H31N5O7. The second kappa shape index (κ2) is 11.7. The van der Waals surface area contributed by atoms with Crippen LogP contribution < -0.4 is 19.5 Å². The Kier molecular flexibility index (Phi) is 7.91. The number of aromatic nitrogens is 3. The molecule has 0 radical (unpaired) electrons. The minimum absolute atomic E-state index is 0.130. The van der Waals surface area contributed by atoms with Gasteiger partial charge in [-0.2, -0.15) is 10.1 Å². The van der Waals surface area contributed by atoms with E-state index < -0.39 is 6.10 Å². The maximum absolute atomic E-state index is 13.2. The van der Waals surface area contributed by atoms with E-state index in [1.54, 1.807) is 49.4 Å². The standard InChI is InChI=1S/C26H31N5O7/c1-33-6-8-36-22-13-19-16-38-25-23(37-9-7-34-2)15-31-24(29-25)21(14-28-31)17-10-18(12-20(11-17)35-3)27-4-5-30(19)26(22)32/h10-12,14-16,22,27H,4-9,13H2,1-3H3/b19-16+/t22-/m1/s1. The lowest BCUT2D eigenvalue weighted by Gasteiger charge is -2.20. The number of amides is 1. The summed E-state index contributed by atoms with van der Waals surface area (Å²) in [7, 11) is 4.81. The van der Waals surface area contributed by atoms with Gasteiger partial charge in [0.25, 0.3) is 11.8 Å². The van der Waals surface area contributed by atoms with E-state index in [0.717, 1.165) is 16.8 Å². The van der Waals surface area contributed by atoms with Gasteiger partial charge in [-0.25, -0.2) is 4.52 Å². The number of hydrogen-bond donors (Lipinski definition) is 1. The van der Waals surface area contributed by atoms with Crippen molar-refractivity contribution >= 4 is 17.2 Å². The van der Waals surface area contributed by atoms with E-state index in [2.05, 4.69) is 10.4 Å². The van der Waals surface area contributed by atoms with Gasteiger partial charge in [-0.05, 0) is 17.7 Å². The predicted octanol–water partition coefficient (Wildman–Crippen LogP) is 2.34. The Balaban J connectivity index is 1.57. The Morgan fingerprint density at radius 1 is 1.11 bits per heavy atom. The predicted molar refractivity (Wildman–Crippen MR) is 137 cm³/mol. The molecule has 0 unspecified atom stereocenters. The Morgan fingerprint density at radius 2 is 1.95 bits per heavy atom.